The van der Waals surface area contributed by atoms with Crippen molar-refractivity contribution in [2.45, 2.75) is 13.8 Å². The van der Waals surface area contributed by atoms with E-state index >= 15 is 0 Å². The molecule has 18 heavy (non-hydrogen) atoms. The minimum Gasteiger partial charge on any atom is -0.439 e. The molecule has 0 atom stereocenters. The zero-order chi connectivity index (χ0) is 13.0. The average Bonchev–Trinajstić information content (AvgIpc) is 2.28. The molecule has 2 aromatic rings. The van der Waals surface area contributed by atoms with Crippen LogP contribution in [0.15, 0.2) is 30.3 Å². The maximum Gasteiger partial charge on any atom is 0.226 e. The average molecular weight is 244 g/mol. The zero-order valence-electron chi connectivity index (χ0n) is 10.5. The van der Waals surface area contributed by atoms with Crippen molar-refractivity contribution in [2.24, 2.45) is 0 Å². The van der Waals surface area contributed by atoms with Crippen LogP contribution in [-0.2, 0) is 0 Å². The molecule has 3 N–H and O–H groups in total. The van der Waals surface area contributed by atoms with Gasteiger partial charge in [0.05, 0.1) is 0 Å². The predicted molar refractivity (Wildman–Crippen MR) is 71.9 cm³/mol. The van der Waals surface area contributed by atoms with Gasteiger partial charge < -0.3 is 15.8 Å². The lowest BCUT2D eigenvalue weighted by atomic mass is 10.2. The Bertz CT molecular complexity index is 542. The number of nitrogens with one attached hydrogen (secondary N) is 1. The summed E-state index contributed by atoms with van der Waals surface area (Å²) in [5.74, 6) is 2.02. The van der Waals surface area contributed by atoms with Crippen LogP contribution in [0.1, 0.15) is 12.5 Å². The highest BCUT2D eigenvalue weighted by molar-refractivity contribution is 5.44. The van der Waals surface area contributed by atoms with Crippen molar-refractivity contribution in [3.05, 3.63) is 35.9 Å². The minimum atomic E-state index is 0.191. The number of nitrogens with two attached hydrogens (primary N) is 1. The number of benzene rings is 1. The van der Waals surface area contributed by atoms with Gasteiger partial charge >= 0.3 is 0 Å². The Morgan fingerprint density at radius 1 is 1.28 bits per heavy atom. The van der Waals surface area contributed by atoms with E-state index in [0.717, 1.165) is 17.9 Å². The first-order chi connectivity index (χ1) is 8.67. The largest absolute Gasteiger partial charge is 0.439 e. The molecule has 5 nitrogen and oxygen atoms in total. The van der Waals surface area contributed by atoms with Gasteiger partial charge in [-0.05, 0) is 31.5 Å². The minimum absolute atomic E-state index is 0.191. The number of aromatic nitrogens is 2. The number of anilines is 2. The second kappa shape index (κ2) is 5.35. The molecule has 0 saturated heterocycles. The van der Waals surface area contributed by atoms with Gasteiger partial charge in [-0.2, -0.15) is 9.97 Å². The molecule has 0 saturated carbocycles. The molecule has 0 aliphatic rings. The molecule has 0 aliphatic carbocycles. The highest BCUT2D eigenvalue weighted by atomic mass is 16.5. The molecule has 1 heterocycles. The standard InChI is InChI=1S/C13H16N4O/c1-3-15-11-8-12(17-13(14)16-11)18-10-6-4-5-9(2)7-10/h4-8H,3H2,1-2H3,(H3,14,15,16,17). The molecule has 1 aromatic heterocycles. The molecule has 5 heteroatoms. The smallest absolute Gasteiger partial charge is 0.226 e. The highest BCUT2D eigenvalue weighted by Crippen LogP contribution is 2.22. The fourth-order valence-electron chi connectivity index (χ4n) is 1.57. The number of rotatable bonds is 4. The van der Waals surface area contributed by atoms with Crippen LogP contribution in [0.5, 0.6) is 11.6 Å². The lowest BCUT2D eigenvalue weighted by molar-refractivity contribution is 0.462. The van der Waals surface area contributed by atoms with Crippen LogP contribution in [0.25, 0.3) is 0 Å². The molecule has 0 fully saturated rings. The number of ether oxygens (including phenoxy) is 1. The molecule has 0 aliphatic heterocycles. The molecule has 0 amide bonds. The maximum absolute atomic E-state index is 5.66. The number of nitrogen functional groups attached to an aromatic ring is 1. The molecule has 0 radical (unpaired) electrons. The molecule has 0 spiro atoms. The van der Waals surface area contributed by atoms with Crippen molar-refractivity contribution in [1.29, 1.82) is 0 Å². The van der Waals surface area contributed by atoms with Gasteiger partial charge in [0.15, 0.2) is 0 Å². The van der Waals surface area contributed by atoms with Crippen molar-refractivity contribution in [3.8, 4) is 11.6 Å². The van der Waals surface area contributed by atoms with Crippen molar-refractivity contribution in [3.63, 3.8) is 0 Å². The fourth-order valence-corrected chi connectivity index (χ4v) is 1.57. The van der Waals surface area contributed by atoms with E-state index in [-0.39, 0.29) is 5.95 Å². The summed E-state index contributed by atoms with van der Waals surface area (Å²) in [6, 6.07) is 9.47. The van der Waals surface area contributed by atoms with Crippen LogP contribution < -0.4 is 15.8 Å². The van der Waals surface area contributed by atoms with Crippen molar-refractivity contribution < 1.29 is 4.74 Å². The Balaban J connectivity index is 2.23. The molecule has 0 bridgehead atoms. The maximum atomic E-state index is 5.66. The number of hydrogen-bond acceptors (Lipinski definition) is 5. The molecule has 0 unspecified atom stereocenters. The second-order valence-corrected chi connectivity index (χ2v) is 3.90. The zero-order valence-corrected chi connectivity index (χ0v) is 10.5. The summed E-state index contributed by atoms with van der Waals surface area (Å²) in [7, 11) is 0. The van der Waals surface area contributed by atoms with Crippen molar-refractivity contribution in [2.75, 3.05) is 17.6 Å². The molecule has 1 aromatic carbocycles. The fraction of sp³-hybridized carbons (Fsp3) is 0.231. The Morgan fingerprint density at radius 2 is 2.11 bits per heavy atom. The Labute approximate surface area is 106 Å². The normalized spacial score (nSPS) is 10.1. The van der Waals surface area contributed by atoms with E-state index in [0.29, 0.717) is 11.7 Å². The van der Waals surface area contributed by atoms with Gasteiger partial charge in [0, 0.05) is 12.6 Å². The van der Waals surface area contributed by atoms with Gasteiger partial charge in [-0.1, -0.05) is 12.1 Å². The molecule has 94 valence electrons. The third-order valence-electron chi connectivity index (χ3n) is 2.29. The quantitative estimate of drug-likeness (QED) is 0.864. The first kappa shape index (κ1) is 12.2. The third-order valence-corrected chi connectivity index (χ3v) is 2.29. The first-order valence-electron chi connectivity index (χ1n) is 5.80. The lowest BCUT2D eigenvalue weighted by Gasteiger charge is -2.08. The van der Waals surface area contributed by atoms with E-state index in [1.807, 2.05) is 38.1 Å². The predicted octanol–water partition coefficient (Wildman–Crippen LogP) is 2.59. The van der Waals surface area contributed by atoms with Gasteiger partial charge in [0.25, 0.3) is 0 Å². The lowest BCUT2D eigenvalue weighted by Crippen LogP contribution is -2.04. The summed E-state index contributed by atoms with van der Waals surface area (Å²) >= 11 is 0. The van der Waals surface area contributed by atoms with Crippen LogP contribution in [0.2, 0.25) is 0 Å². The van der Waals surface area contributed by atoms with Crippen LogP contribution in [0.3, 0.4) is 0 Å². The first-order valence-corrected chi connectivity index (χ1v) is 5.80. The van der Waals surface area contributed by atoms with E-state index in [4.69, 9.17) is 10.5 Å². The van der Waals surface area contributed by atoms with Gasteiger partial charge in [0.2, 0.25) is 11.8 Å². The van der Waals surface area contributed by atoms with E-state index in [9.17, 15) is 0 Å². The second-order valence-electron chi connectivity index (χ2n) is 3.90. The highest BCUT2D eigenvalue weighted by Gasteiger charge is 2.04. The SMILES string of the molecule is CCNc1cc(Oc2cccc(C)c2)nc(N)n1. The van der Waals surface area contributed by atoms with Crippen molar-refractivity contribution in [1.82, 2.24) is 9.97 Å². The Hall–Kier alpha value is -2.30. The summed E-state index contributed by atoms with van der Waals surface area (Å²) in [4.78, 5) is 8.10. The van der Waals surface area contributed by atoms with E-state index in [1.165, 1.54) is 0 Å². The van der Waals surface area contributed by atoms with Crippen molar-refractivity contribution >= 4 is 11.8 Å². The van der Waals surface area contributed by atoms with E-state index < -0.39 is 0 Å². The van der Waals surface area contributed by atoms with Crippen LogP contribution in [-0.4, -0.2) is 16.5 Å². The van der Waals surface area contributed by atoms with Gasteiger partial charge in [0.1, 0.15) is 11.6 Å². The van der Waals surface area contributed by atoms with Gasteiger partial charge in [-0.25, -0.2) is 0 Å². The third kappa shape index (κ3) is 3.10. The number of hydrogen-bond donors (Lipinski definition) is 2. The molecular weight excluding hydrogens is 228 g/mol. The summed E-state index contributed by atoms with van der Waals surface area (Å²) in [6.07, 6.45) is 0. The summed E-state index contributed by atoms with van der Waals surface area (Å²) < 4.78 is 5.66. The number of aryl methyl sites for hydroxylation is 1. The summed E-state index contributed by atoms with van der Waals surface area (Å²) in [5, 5.41) is 3.07. The van der Waals surface area contributed by atoms with Gasteiger partial charge in [-0.15, -0.1) is 0 Å². The Kier molecular flexibility index (Phi) is 3.62. The van der Waals surface area contributed by atoms with E-state index in [1.54, 1.807) is 6.07 Å². The Morgan fingerprint density at radius 3 is 2.83 bits per heavy atom. The molecular formula is C13H16N4O. The number of nitrogens with zero attached hydrogens (tertiary/aromatic N) is 2. The van der Waals surface area contributed by atoms with Crippen LogP contribution in [0.4, 0.5) is 11.8 Å². The van der Waals surface area contributed by atoms with Gasteiger partial charge in [-0.3, -0.25) is 0 Å². The van der Waals surface area contributed by atoms with Crippen LogP contribution >= 0.6 is 0 Å². The monoisotopic (exact) mass is 244 g/mol. The van der Waals surface area contributed by atoms with Crippen LogP contribution in [0, 0.1) is 6.92 Å². The summed E-state index contributed by atoms with van der Waals surface area (Å²) in [5.41, 5.74) is 6.76. The topological polar surface area (TPSA) is 73.1 Å². The summed E-state index contributed by atoms with van der Waals surface area (Å²) in [6.45, 7) is 4.75. The van der Waals surface area contributed by atoms with E-state index in [2.05, 4.69) is 15.3 Å². The molecule has 2 rings (SSSR count).